The van der Waals surface area contributed by atoms with Crippen molar-refractivity contribution in [1.82, 2.24) is 20.2 Å². The maximum atomic E-state index is 9.80. The zero-order valence-electron chi connectivity index (χ0n) is 9.88. The van der Waals surface area contributed by atoms with Crippen LogP contribution in [0, 0.1) is 0 Å². The summed E-state index contributed by atoms with van der Waals surface area (Å²) in [7, 11) is 0. The lowest BCUT2D eigenvalue weighted by Gasteiger charge is -1.92. The Balaban J connectivity index is 2.02. The van der Waals surface area contributed by atoms with Crippen molar-refractivity contribution in [3.63, 3.8) is 0 Å². The number of nitrogens with one attached hydrogen (secondary N) is 2. The van der Waals surface area contributed by atoms with Crippen LogP contribution in [0.4, 0.5) is 0 Å². The minimum Gasteiger partial charge on any atom is -0.506 e. The number of phenolic OH excluding ortho intramolecular Hbond substituents is 1. The van der Waals surface area contributed by atoms with Gasteiger partial charge in [0.25, 0.3) is 0 Å². The van der Waals surface area contributed by atoms with Crippen LogP contribution in [-0.2, 0) is 0 Å². The third-order valence-electron chi connectivity index (χ3n) is 3.19. The molecule has 0 aliphatic carbocycles. The largest absolute Gasteiger partial charge is 0.506 e. The predicted molar refractivity (Wildman–Crippen MR) is 72.8 cm³/mol. The van der Waals surface area contributed by atoms with E-state index in [-0.39, 0.29) is 5.75 Å². The van der Waals surface area contributed by atoms with Crippen molar-refractivity contribution in [3.05, 3.63) is 42.5 Å². The van der Waals surface area contributed by atoms with Crippen molar-refractivity contribution in [1.29, 1.82) is 0 Å². The van der Waals surface area contributed by atoms with Gasteiger partial charge in [0, 0.05) is 5.39 Å². The Kier molecular flexibility index (Phi) is 1.91. The lowest BCUT2D eigenvalue weighted by Crippen LogP contribution is -1.80. The van der Waals surface area contributed by atoms with Crippen LogP contribution in [-0.4, -0.2) is 25.3 Å². The molecular formula is C14H10N4O. The number of para-hydroxylation sites is 2. The monoisotopic (exact) mass is 250 g/mol. The van der Waals surface area contributed by atoms with E-state index in [2.05, 4.69) is 20.2 Å². The second-order valence-electron chi connectivity index (χ2n) is 4.37. The molecule has 2 heterocycles. The van der Waals surface area contributed by atoms with Crippen LogP contribution in [0.1, 0.15) is 0 Å². The molecule has 0 amide bonds. The normalized spacial score (nSPS) is 11.4. The van der Waals surface area contributed by atoms with E-state index >= 15 is 0 Å². The summed E-state index contributed by atoms with van der Waals surface area (Å²) in [6.07, 6.45) is 0. The third-order valence-corrected chi connectivity index (χ3v) is 3.19. The number of rotatable bonds is 1. The smallest absolute Gasteiger partial charge is 0.159 e. The van der Waals surface area contributed by atoms with Gasteiger partial charge in [0.1, 0.15) is 17.0 Å². The quantitative estimate of drug-likeness (QED) is 0.486. The van der Waals surface area contributed by atoms with Crippen molar-refractivity contribution in [3.8, 4) is 17.3 Å². The molecule has 0 saturated heterocycles. The van der Waals surface area contributed by atoms with Crippen molar-refractivity contribution in [2.75, 3.05) is 0 Å². The van der Waals surface area contributed by atoms with Crippen LogP contribution in [0.25, 0.3) is 33.5 Å². The first-order valence-corrected chi connectivity index (χ1v) is 5.94. The van der Waals surface area contributed by atoms with Crippen molar-refractivity contribution in [2.45, 2.75) is 0 Å². The number of aromatic nitrogens is 4. The van der Waals surface area contributed by atoms with E-state index < -0.39 is 0 Å². The van der Waals surface area contributed by atoms with Gasteiger partial charge in [-0.3, -0.25) is 5.10 Å². The molecule has 0 fully saturated rings. The van der Waals surface area contributed by atoms with E-state index in [1.165, 1.54) is 0 Å². The Morgan fingerprint density at radius 2 is 1.89 bits per heavy atom. The summed E-state index contributed by atoms with van der Waals surface area (Å²) in [4.78, 5) is 7.58. The lowest BCUT2D eigenvalue weighted by molar-refractivity contribution is 0.480. The molecule has 5 nitrogen and oxygen atoms in total. The zero-order valence-corrected chi connectivity index (χ0v) is 9.88. The molecular weight excluding hydrogens is 240 g/mol. The van der Waals surface area contributed by atoms with Crippen LogP contribution in [0.15, 0.2) is 42.5 Å². The molecule has 0 bridgehead atoms. The van der Waals surface area contributed by atoms with Gasteiger partial charge in [0.2, 0.25) is 0 Å². The second kappa shape index (κ2) is 3.58. The minimum atomic E-state index is 0.191. The molecule has 3 N–H and O–H groups in total. The Morgan fingerprint density at radius 1 is 1.00 bits per heavy atom. The van der Waals surface area contributed by atoms with Crippen LogP contribution in [0.2, 0.25) is 0 Å². The van der Waals surface area contributed by atoms with Gasteiger partial charge in [-0.25, -0.2) is 4.98 Å². The van der Waals surface area contributed by atoms with Gasteiger partial charge >= 0.3 is 0 Å². The highest BCUT2D eigenvalue weighted by molar-refractivity contribution is 5.93. The topological polar surface area (TPSA) is 77.6 Å². The summed E-state index contributed by atoms with van der Waals surface area (Å²) in [6, 6.07) is 13.1. The number of H-pyrrole nitrogens is 2. The fourth-order valence-electron chi connectivity index (χ4n) is 2.27. The molecule has 2 aromatic carbocycles. The van der Waals surface area contributed by atoms with Crippen molar-refractivity contribution in [2.24, 2.45) is 0 Å². The molecule has 4 aromatic rings. The van der Waals surface area contributed by atoms with Crippen LogP contribution < -0.4 is 0 Å². The first kappa shape index (κ1) is 10.1. The molecule has 0 aliphatic heterocycles. The summed E-state index contributed by atoms with van der Waals surface area (Å²) >= 11 is 0. The SMILES string of the molecule is Oc1cccc2nc(-c3n[nH]c4ccccc34)[nH]c12. The average molecular weight is 250 g/mol. The van der Waals surface area contributed by atoms with Gasteiger partial charge < -0.3 is 10.1 Å². The number of benzene rings is 2. The summed E-state index contributed by atoms with van der Waals surface area (Å²) < 4.78 is 0. The van der Waals surface area contributed by atoms with Crippen molar-refractivity contribution < 1.29 is 5.11 Å². The number of nitrogens with zero attached hydrogens (tertiary/aromatic N) is 2. The van der Waals surface area contributed by atoms with E-state index in [0.29, 0.717) is 11.3 Å². The number of hydrogen-bond acceptors (Lipinski definition) is 3. The van der Waals surface area contributed by atoms with Crippen LogP contribution >= 0.6 is 0 Å². The summed E-state index contributed by atoms with van der Waals surface area (Å²) in [5.74, 6) is 0.838. The molecule has 5 heteroatoms. The third kappa shape index (κ3) is 1.41. The summed E-state index contributed by atoms with van der Waals surface area (Å²) in [5.41, 5.74) is 3.07. The Hall–Kier alpha value is -2.82. The Labute approximate surface area is 107 Å². The highest BCUT2D eigenvalue weighted by Crippen LogP contribution is 2.28. The molecule has 2 aromatic heterocycles. The fourth-order valence-corrected chi connectivity index (χ4v) is 2.27. The van der Waals surface area contributed by atoms with E-state index in [0.717, 1.165) is 22.1 Å². The minimum absolute atomic E-state index is 0.191. The number of imidazole rings is 1. The number of phenols is 1. The van der Waals surface area contributed by atoms with Crippen molar-refractivity contribution >= 4 is 21.9 Å². The maximum Gasteiger partial charge on any atom is 0.159 e. The molecule has 0 aliphatic rings. The number of hydrogen-bond donors (Lipinski definition) is 3. The molecule has 0 spiro atoms. The van der Waals surface area contributed by atoms with Gasteiger partial charge in [-0.1, -0.05) is 24.3 Å². The average Bonchev–Trinajstić information content (AvgIpc) is 3.02. The first-order chi connectivity index (χ1) is 9.33. The molecule has 0 saturated carbocycles. The van der Waals surface area contributed by atoms with Gasteiger partial charge in [0.05, 0.1) is 11.0 Å². The summed E-state index contributed by atoms with van der Waals surface area (Å²) in [6.45, 7) is 0. The zero-order chi connectivity index (χ0) is 12.8. The number of aromatic amines is 2. The van der Waals surface area contributed by atoms with Gasteiger partial charge in [-0.05, 0) is 18.2 Å². The second-order valence-corrected chi connectivity index (χ2v) is 4.37. The Morgan fingerprint density at radius 3 is 2.79 bits per heavy atom. The van der Waals surface area contributed by atoms with Crippen LogP contribution in [0.3, 0.4) is 0 Å². The molecule has 0 atom stereocenters. The van der Waals surface area contributed by atoms with E-state index in [4.69, 9.17) is 0 Å². The standard InChI is InChI=1S/C14H10N4O/c19-11-7-3-6-10-13(11)16-14(15-10)12-8-4-1-2-5-9(8)17-18-12/h1-7,19H,(H,15,16)(H,17,18). The van der Waals surface area contributed by atoms with Gasteiger partial charge in [-0.15, -0.1) is 0 Å². The van der Waals surface area contributed by atoms with E-state index in [1.807, 2.05) is 30.3 Å². The molecule has 19 heavy (non-hydrogen) atoms. The lowest BCUT2D eigenvalue weighted by atomic mass is 10.2. The first-order valence-electron chi connectivity index (χ1n) is 5.94. The van der Waals surface area contributed by atoms with Crippen LogP contribution in [0.5, 0.6) is 5.75 Å². The fraction of sp³-hybridized carbons (Fsp3) is 0. The summed E-state index contributed by atoms with van der Waals surface area (Å²) in [5, 5.41) is 18.1. The molecule has 4 rings (SSSR count). The predicted octanol–water partition coefficient (Wildman–Crippen LogP) is 2.81. The maximum absolute atomic E-state index is 9.80. The Bertz CT molecular complexity index is 891. The number of aromatic hydroxyl groups is 1. The van der Waals surface area contributed by atoms with Gasteiger partial charge in [-0.2, -0.15) is 5.10 Å². The number of fused-ring (bicyclic) bond motifs is 2. The molecule has 92 valence electrons. The van der Waals surface area contributed by atoms with Gasteiger partial charge in [0.15, 0.2) is 5.82 Å². The molecule has 0 radical (unpaired) electrons. The van der Waals surface area contributed by atoms with E-state index in [9.17, 15) is 5.11 Å². The highest BCUT2D eigenvalue weighted by atomic mass is 16.3. The van der Waals surface area contributed by atoms with E-state index in [1.54, 1.807) is 12.1 Å². The highest BCUT2D eigenvalue weighted by Gasteiger charge is 2.13. The molecule has 0 unspecified atom stereocenters.